The van der Waals surface area contributed by atoms with Gasteiger partial charge in [-0.05, 0) is 51.0 Å². The fourth-order valence-electron chi connectivity index (χ4n) is 3.14. The van der Waals surface area contributed by atoms with Crippen molar-refractivity contribution in [2.24, 2.45) is 11.8 Å². The Morgan fingerprint density at radius 3 is 2.27 bits per heavy atom. The molecule has 1 atom stereocenters. The molecule has 0 radical (unpaired) electrons. The highest BCUT2D eigenvalue weighted by molar-refractivity contribution is 5.01. The van der Waals surface area contributed by atoms with Crippen molar-refractivity contribution in [2.75, 3.05) is 7.05 Å². The summed E-state index contributed by atoms with van der Waals surface area (Å²) in [6, 6.07) is 0. The molecule has 0 aromatic heterocycles. The molecule has 0 saturated heterocycles. The molecule has 3 fully saturated rings. The molecule has 0 spiro atoms. The Balaban J connectivity index is 2.16. The van der Waals surface area contributed by atoms with E-state index >= 15 is 0 Å². The van der Waals surface area contributed by atoms with Gasteiger partial charge in [-0.1, -0.05) is 6.92 Å². The molecule has 0 aromatic rings. The molecule has 0 heterocycles. The molecule has 0 aliphatic heterocycles. The van der Waals surface area contributed by atoms with E-state index in [0.717, 1.165) is 11.8 Å². The molecule has 1 nitrogen and oxygen atoms in total. The standard InChI is InChI=1S/C10H19N/c1-8-7-9-3-5-10(8,11-2)6-4-9/h8-9,11H,3-7H2,1-2H3. The van der Waals surface area contributed by atoms with E-state index in [-0.39, 0.29) is 0 Å². The van der Waals surface area contributed by atoms with Crippen molar-refractivity contribution in [1.29, 1.82) is 0 Å². The van der Waals surface area contributed by atoms with Gasteiger partial charge in [-0.15, -0.1) is 0 Å². The van der Waals surface area contributed by atoms with Crippen LogP contribution in [0.1, 0.15) is 39.0 Å². The summed E-state index contributed by atoms with van der Waals surface area (Å²) in [5, 5.41) is 3.55. The smallest absolute Gasteiger partial charge is 0.0204 e. The summed E-state index contributed by atoms with van der Waals surface area (Å²) < 4.78 is 0. The van der Waals surface area contributed by atoms with E-state index in [4.69, 9.17) is 0 Å². The predicted octanol–water partition coefficient (Wildman–Crippen LogP) is 2.17. The highest BCUT2D eigenvalue weighted by Crippen LogP contribution is 2.47. The van der Waals surface area contributed by atoms with Crippen LogP contribution in [-0.4, -0.2) is 12.6 Å². The molecule has 0 amide bonds. The van der Waals surface area contributed by atoms with Crippen molar-refractivity contribution in [3.63, 3.8) is 0 Å². The van der Waals surface area contributed by atoms with Gasteiger partial charge in [-0.2, -0.15) is 0 Å². The van der Waals surface area contributed by atoms with E-state index < -0.39 is 0 Å². The quantitative estimate of drug-likeness (QED) is 0.609. The highest BCUT2D eigenvalue weighted by atomic mass is 15.0. The van der Waals surface area contributed by atoms with Gasteiger partial charge in [-0.3, -0.25) is 0 Å². The van der Waals surface area contributed by atoms with Gasteiger partial charge in [0.1, 0.15) is 0 Å². The summed E-state index contributed by atoms with van der Waals surface area (Å²) in [4.78, 5) is 0. The van der Waals surface area contributed by atoms with E-state index in [1.165, 1.54) is 32.1 Å². The maximum atomic E-state index is 3.55. The molecule has 3 aliphatic rings. The number of fused-ring (bicyclic) bond motifs is 3. The third-order valence-corrected chi connectivity index (χ3v) is 4.13. The molecule has 11 heavy (non-hydrogen) atoms. The lowest BCUT2D eigenvalue weighted by Gasteiger charge is -2.51. The lowest BCUT2D eigenvalue weighted by molar-refractivity contribution is 0.0533. The van der Waals surface area contributed by atoms with Crippen LogP contribution in [-0.2, 0) is 0 Å². The second-order valence-corrected chi connectivity index (χ2v) is 4.49. The maximum absolute atomic E-state index is 3.55. The van der Waals surface area contributed by atoms with Crippen molar-refractivity contribution < 1.29 is 0 Å². The number of hydrogen-bond acceptors (Lipinski definition) is 1. The molecule has 0 aromatic carbocycles. The van der Waals surface area contributed by atoms with Crippen molar-refractivity contribution in [3.8, 4) is 0 Å². The van der Waals surface area contributed by atoms with E-state index in [0.29, 0.717) is 5.54 Å². The fourth-order valence-corrected chi connectivity index (χ4v) is 3.14. The zero-order chi connectivity index (χ0) is 7.90. The van der Waals surface area contributed by atoms with Gasteiger partial charge in [-0.25, -0.2) is 0 Å². The average Bonchev–Trinajstić information content (AvgIpc) is 2.07. The Morgan fingerprint density at radius 2 is 1.91 bits per heavy atom. The normalized spacial score (nSPS) is 49.6. The van der Waals surface area contributed by atoms with Crippen molar-refractivity contribution >= 4 is 0 Å². The van der Waals surface area contributed by atoms with Gasteiger partial charge < -0.3 is 5.32 Å². The highest BCUT2D eigenvalue weighted by Gasteiger charge is 2.44. The van der Waals surface area contributed by atoms with E-state index in [2.05, 4.69) is 19.3 Å². The molecular formula is C10H19N. The Hall–Kier alpha value is -0.0400. The van der Waals surface area contributed by atoms with Crippen LogP contribution in [0.25, 0.3) is 0 Å². The zero-order valence-corrected chi connectivity index (χ0v) is 7.69. The van der Waals surface area contributed by atoms with Crippen LogP contribution >= 0.6 is 0 Å². The summed E-state index contributed by atoms with van der Waals surface area (Å²) in [6.07, 6.45) is 7.28. The number of hydrogen-bond donors (Lipinski definition) is 1. The third kappa shape index (κ3) is 1.01. The van der Waals surface area contributed by atoms with Crippen LogP contribution < -0.4 is 5.32 Å². The molecule has 1 heteroatoms. The Bertz CT molecular complexity index is 145. The maximum Gasteiger partial charge on any atom is 0.0204 e. The molecule has 1 N–H and O–H groups in total. The first-order valence-electron chi connectivity index (χ1n) is 4.96. The number of nitrogens with one attached hydrogen (secondary N) is 1. The van der Waals surface area contributed by atoms with Gasteiger partial charge in [0.25, 0.3) is 0 Å². The van der Waals surface area contributed by atoms with Gasteiger partial charge in [0.2, 0.25) is 0 Å². The lowest BCUT2D eigenvalue weighted by Crippen LogP contribution is -2.55. The summed E-state index contributed by atoms with van der Waals surface area (Å²) in [5.41, 5.74) is 0.536. The van der Waals surface area contributed by atoms with Crippen molar-refractivity contribution in [1.82, 2.24) is 5.32 Å². The molecule has 1 unspecified atom stereocenters. The zero-order valence-electron chi connectivity index (χ0n) is 7.69. The van der Waals surface area contributed by atoms with Gasteiger partial charge in [0.15, 0.2) is 0 Å². The minimum atomic E-state index is 0.536. The van der Waals surface area contributed by atoms with E-state index in [1.807, 2.05) is 0 Å². The Kier molecular flexibility index (Phi) is 1.71. The van der Waals surface area contributed by atoms with Crippen LogP contribution in [0.15, 0.2) is 0 Å². The number of rotatable bonds is 1. The fraction of sp³-hybridized carbons (Fsp3) is 1.00. The van der Waals surface area contributed by atoms with Crippen molar-refractivity contribution in [3.05, 3.63) is 0 Å². The predicted molar refractivity (Wildman–Crippen MR) is 47.5 cm³/mol. The molecular weight excluding hydrogens is 134 g/mol. The average molecular weight is 153 g/mol. The minimum absolute atomic E-state index is 0.536. The lowest BCUT2D eigenvalue weighted by atomic mass is 9.60. The van der Waals surface area contributed by atoms with E-state index in [9.17, 15) is 0 Å². The third-order valence-electron chi connectivity index (χ3n) is 4.13. The Morgan fingerprint density at radius 1 is 1.27 bits per heavy atom. The van der Waals surface area contributed by atoms with E-state index in [1.54, 1.807) is 0 Å². The minimum Gasteiger partial charge on any atom is -0.314 e. The van der Waals surface area contributed by atoms with Gasteiger partial charge >= 0.3 is 0 Å². The largest absolute Gasteiger partial charge is 0.314 e. The first-order chi connectivity index (χ1) is 5.27. The summed E-state index contributed by atoms with van der Waals surface area (Å²) >= 11 is 0. The van der Waals surface area contributed by atoms with Crippen LogP contribution in [0, 0.1) is 11.8 Å². The molecule has 64 valence electrons. The van der Waals surface area contributed by atoms with Crippen LogP contribution in [0.4, 0.5) is 0 Å². The summed E-state index contributed by atoms with van der Waals surface area (Å²) in [5.74, 6) is 1.99. The van der Waals surface area contributed by atoms with Crippen LogP contribution in [0.5, 0.6) is 0 Å². The van der Waals surface area contributed by atoms with Gasteiger partial charge in [0, 0.05) is 5.54 Å². The topological polar surface area (TPSA) is 12.0 Å². The first-order valence-corrected chi connectivity index (χ1v) is 4.96. The van der Waals surface area contributed by atoms with Crippen LogP contribution in [0.2, 0.25) is 0 Å². The SMILES string of the molecule is CNC12CCC(CC1)CC2C. The molecule has 3 saturated carbocycles. The Labute approximate surface area is 69.6 Å². The molecule has 2 bridgehead atoms. The molecule has 3 aliphatic carbocycles. The van der Waals surface area contributed by atoms with Crippen molar-refractivity contribution in [2.45, 2.75) is 44.6 Å². The second-order valence-electron chi connectivity index (χ2n) is 4.49. The monoisotopic (exact) mass is 153 g/mol. The summed E-state index contributed by atoms with van der Waals surface area (Å²) in [6.45, 7) is 2.42. The van der Waals surface area contributed by atoms with Gasteiger partial charge in [0.05, 0.1) is 0 Å². The molecule has 3 rings (SSSR count). The van der Waals surface area contributed by atoms with Crippen LogP contribution in [0.3, 0.4) is 0 Å². The first kappa shape index (κ1) is 7.60. The second kappa shape index (κ2) is 2.48. The summed E-state index contributed by atoms with van der Waals surface area (Å²) in [7, 11) is 2.14.